The summed E-state index contributed by atoms with van der Waals surface area (Å²) in [6.07, 6.45) is 6.02. The number of benzene rings is 2. The van der Waals surface area contributed by atoms with Gasteiger partial charge < -0.3 is 4.90 Å². The third-order valence-electron chi connectivity index (χ3n) is 4.98. The molecule has 132 valence electrons. The molecule has 0 bridgehead atoms. The van der Waals surface area contributed by atoms with Crippen molar-refractivity contribution < 1.29 is 4.79 Å². The van der Waals surface area contributed by atoms with Gasteiger partial charge in [0.05, 0.1) is 17.4 Å². The van der Waals surface area contributed by atoms with Crippen molar-refractivity contribution in [2.75, 3.05) is 13.1 Å². The Morgan fingerprint density at radius 2 is 1.69 bits per heavy atom. The number of hydrogen-bond acceptors (Lipinski definition) is 2. The van der Waals surface area contributed by atoms with E-state index in [1.807, 2.05) is 58.2 Å². The van der Waals surface area contributed by atoms with Gasteiger partial charge in [0.1, 0.15) is 0 Å². The molecule has 3 aromatic rings. The highest BCUT2D eigenvalue weighted by Gasteiger charge is 2.26. The number of rotatable bonds is 3. The van der Waals surface area contributed by atoms with Crippen LogP contribution in [0.25, 0.3) is 5.69 Å². The molecule has 0 radical (unpaired) electrons. The number of piperidine rings is 1. The fourth-order valence-corrected chi connectivity index (χ4v) is 3.94. The van der Waals surface area contributed by atoms with Crippen molar-refractivity contribution in [1.29, 1.82) is 0 Å². The lowest BCUT2D eigenvalue weighted by Crippen LogP contribution is -2.38. The summed E-state index contributed by atoms with van der Waals surface area (Å²) in [6.45, 7) is 1.56. The summed E-state index contributed by atoms with van der Waals surface area (Å²) >= 11 is 3.48. The van der Waals surface area contributed by atoms with Crippen LogP contribution in [-0.4, -0.2) is 33.7 Å². The van der Waals surface area contributed by atoms with Crippen molar-refractivity contribution in [3.63, 3.8) is 0 Å². The van der Waals surface area contributed by atoms with Gasteiger partial charge in [0.2, 0.25) is 0 Å². The first-order valence-electron chi connectivity index (χ1n) is 8.86. The highest BCUT2D eigenvalue weighted by molar-refractivity contribution is 9.10. The summed E-state index contributed by atoms with van der Waals surface area (Å²) < 4.78 is 2.78. The molecule has 1 aliphatic rings. The van der Waals surface area contributed by atoms with Gasteiger partial charge in [-0.05, 0) is 64.5 Å². The topological polar surface area (TPSA) is 38.1 Å². The van der Waals surface area contributed by atoms with Crippen LogP contribution in [-0.2, 0) is 0 Å². The zero-order valence-corrected chi connectivity index (χ0v) is 16.0. The molecule has 0 N–H and O–H groups in total. The zero-order chi connectivity index (χ0) is 17.9. The lowest BCUT2D eigenvalue weighted by Gasteiger charge is -2.32. The molecule has 2 heterocycles. The van der Waals surface area contributed by atoms with E-state index in [9.17, 15) is 4.79 Å². The number of halogens is 1. The number of amides is 1. The molecule has 26 heavy (non-hydrogen) atoms. The summed E-state index contributed by atoms with van der Waals surface area (Å²) in [7, 11) is 0. The number of hydrogen-bond donors (Lipinski definition) is 0. The van der Waals surface area contributed by atoms with Crippen LogP contribution in [0.15, 0.2) is 71.5 Å². The number of para-hydroxylation sites is 1. The van der Waals surface area contributed by atoms with E-state index < -0.39 is 0 Å². The predicted molar refractivity (Wildman–Crippen MR) is 106 cm³/mol. The summed E-state index contributed by atoms with van der Waals surface area (Å²) in [5.41, 5.74) is 3.06. The first kappa shape index (κ1) is 17.0. The molecular weight excluding hydrogens is 390 g/mol. The molecule has 1 aromatic heterocycles. The Hall–Kier alpha value is -2.40. The molecule has 1 saturated heterocycles. The molecule has 1 amide bonds. The molecule has 0 spiro atoms. The molecule has 0 saturated carbocycles. The van der Waals surface area contributed by atoms with Gasteiger partial charge in [-0.3, -0.25) is 4.79 Å². The second-order valence-corrected chi connectivity index (χ2v) is 7.45. The molecule has 4 nitrogen and oxygen atoms in total. The van der Waals surface area contributed by atoms with E-state index in [0.29, 0.717) is 5.92 Å². The van der Waals surface area contributed by atoms with Crippen molar-refractivity contribution in [3.8, 4) is 5.69 Å². The average molecular weight is 410 g/mol. The van der Waals surface area contributed by atoms with Gasteiger partial charge >= 0.3 is 0 Å². The van der Waals surface area contributed by atoms with E-state index in [1.54, 1.807) is 0 Å². The lowest BCUT2D eigenvalue weighted by atomic mass is 9.91. The zero-order valence-electron chi connectivity index (χ0n) is 14.4. The average Bonchev–Trinajstić information content (AvgIpc) is 3.19. The summed E-state index contributed by atoms with van der Waals surface area (Å²) in [5.74, 6) is 0.562. The van der Waals surface area contributed by atoms with E-state index >= 15 is 0 Å². The Morgan fingerprint density at radius 1 is 1.00 bits per heavy atom. The molecule has 5 heteroatoms. The maximum absolute atomic E-state index is 12.7. The van der Waals surface area contributed by atoms with E-state index in [0.717, 1.165) is 41.7 Å². The number of carbonyl (C=O) groups excluding carboxylic acids is 1. The minimum atomic E-state index is 0.107. The van der Waals surface area contributed by atoms with E-state index in [2.05, 4.69) is 39.4 Å². The quantitative estimate of drug-likeness (QED) is 0.630. The van der Waals surface area contributed by atoms with Crippen LogP contribution in [0.3, 0.4) is 0 Å². The first-order valence-corrected chi connectivity index (χ1v) is 9.65. The van der Waals surface area contributed by atoms with E-state index in [1.165, 1.54) is 5.56 Å². The van der Waals surface area contributed by atoms with Crippen LogP contribution >= 0.6 is 15.9 Å². The van der Waals surface area contributed by atoms with Crippen molar-refractivity contribution in [2.24, 2.45) is 0 Å². The van der Waals surface area contributed by atoms with Crippen molar-refractivity contribution >= 4 is 21.8 Å². The van der Waals surface area contributed by atoms with Crippen molar-refractivity contribution in [1.82, 2.24) is 14.7 Å². The number of carbonyl (C=O) groups is 1. The Morgan fingerprint density at radius 3 is 2.42 bits per heavy atom. The fourth-order valence-electron chi connectivity index (χ4n) is 3.49. The van der Waals surface area contributed by atoms with Gasteiger partial charge in [0.25, 0.3) is 5.91 Å². The normalized spacial score (nSPS) is 15.2. The van der Waals surface area contributed by atoms with Crippen LogP contribution in [0.4, 0.5) is 0 Å². The Bertz CT molecular complexity index is 898. The van der Waals surface area contributed by atoms with Gasteiger partial charge in [-0.15, -0.1) is 0 Å². The van der Waals surface area contributed by atoms with Crippen LogP contribution in [0.5, 0.6) is 0 Å². The smallest absolute Gasteiger partial charge is 0.254 e. The van der Waals surface area contributed by atoms with Gasteiger partial charge in [0.15, 0.2) is 0 Å². The molecule has 1 fully saturated rings. The molecule has 2 aromatic carbocycles. The Balaban J connectivity index is 1.42. The fraction of sp³-hybridized carbons (Fsp3) is 0.238. The van der Waals surface area contributed by atoms with Crippen LogP contribution < -0.4 is 0 Å². The molecule has 0 aliphatic carbocycles. The second-order valence-electron chi connectivity index (χ2n) is 6.60. The maximum atomic E-state index is 12.7. The number of aromatic nitrogens is 2. The highest BCUT2D eigenvalue weighted by atomic mass is 79.9. The molecular formula is C21H20BrN3O. The van der Waals surface area contributed by atoms with Crippen LogP contribution in [0.1, 0.15) is 34.7 Å². The second kappa shape index (κ2) is 7.46. The molecule has 4 rings (SSSR count). The maximum Gasteiger partial charge on any atom is 0.254 e. The van der Waals surface area contributed by atoms with Gasteiger partial charge in [-0.2, -0.15) is 5.10 Å². The number of likely N-dealkylation sites (tertiary alicyclic amines) is 1. The SMILES string of the molecule is O=C(c1ccccc1Br)N1CCC(c2cnn(-c3ccccc3)c2)CC1. The summed E-state index contributed by atoms with van der Waals surface area (Å²) in [5, 5.41) is 4.50. The highest BCUT2D eigenvalue weighted by Crippen LogP contribution is 2.29. The van der Waals surface area contributed by atoms with Crippen LogP contribution in [0.2, 0.25) is 0 Å². The number of nitrogens with zero attached hydrogens (tertiary/aromatic N) is 3. The Labute approximate surface area is 161 Å². The minimum Gasteiger partial charge on any atom is -0.339 e. The standard InChI is InChI=1S/C21H20BrN3O/c22-20-9-5-4-8-19(20)21(26)24-12-10-16(11-13-24)17-14-23-25(15-17)18-6-2-1-3-7-18/h1-9,14-16H,10-13H2. The third kappa shape index (κ3) is 3.44. The lowest BCUT2D eigenvalue weighted by molar-refractivity contribution is 0.0712. The van der Waals surface area contributed by atoms with Crippen LogP contribution in [0, 0.1) is 0 Å². The molecule has 1 aliphatic heterocycles. The first-order chi connectivity index (χ1) is 12.7. The molecule has 0 unspecified atom stereocenters. The van der Waals surface area contributed by atoms with E-state index in [-0.39, 0.29) is 5.91 Å². The Kier molecular flexibility index (Phi) is 4.89. The van der Waals surface area contributed by atoms with Gasteiger partial charge in [-0.1, -0.05) is 30.3 Å². The third-order valence-corrected chi connectivity index (χ3v) is 5.67. The summed E-state index contributed by atoms with van der Waals surface area (Å²) in [4.78, 5) is 14.7. The van der Waals surface area contributed by atoms with Crippen molar-refractivity contribution in [2.45, 2.75) is 18.8 Å². The minimum absolute atomic E-state index is 0.107. The van der Waals surface area contributed by atoms with E-state index in [4.69, 9.17) is 0 Å². The monoisotopic (exact) mass is 409 g/mol. The predicted octanol–water partition coefficient (Wildman–Crippen LogP) is 4.65. The van der Waals surface area contributed by atoms with Gasteiger partial charge in [0, 0.05) is 23.8 Å². The van der Waals surface area contributed by atoms with Gasteiger partial charge in [-0.25, -0.2) is 4.68 Å². The molecule has 0 atom stereocenters. The largest absolute Gasteiger partial charge is 0.339 e. The summed E-state index contributed by atoms with van der Waals surface area (Å²) in [6, 6.07) is 17.8. The van der Waals surface area contributed by atoms with Crippen molar-refractivity contribution in [3.05, 3.63) is 82.6 Å².